The number of hydrogen-bond donors (Lipinski definition) is 4. The lowest BCUT2D eigenvalue weighted by Crippen LogP contribution is -2.61. The zero-order chi connectivity index (χ0) is 46.1. The number of rotatable bonds is 16. The number of hydrazine groups is 1. The van der Waals surface area contributed by atoms with Gasteiger partial charge in [-0.05, 0) is 52.6 Å². The van der Waals surface area contributed by atoms with E-state index in [0.29, 0.717) is 19.6 Å². The molecule has 2 aromatic heterocycles. The van der Waals surface area contributed by atoms with Crippen LogP contribution < -0.4 is 16.1 Å². The van der Waals surface area contributed by atoms with E-state index < -0.39 is 53.0 Å². The van der Waals surface area contributed by atoms with Crippen LogP contribution in [0.1, 0.15) is 84.8 Å². The predicted octanol–water partition coefficient (Wildman–Crippen LogP) is 6.49. The number of aliphatic hydroxyl groups excluding tert-OH is 1. The first-order chi connectivity index (χ1) is 29.6. The van der Waals surface area contributed by atoms with E-state index in [1.807, 2.05) is 133 Å². The summed E-state index contributed by atoms with van der Waals surface area (Å²) < 4.78 is 4.84. The second-order valence-electron chi connectivity index (χ2n) is 19.5. The van der Waals surface area contributed by atoms with Gasteiger partial charge in [-0.2, -0.15) is 0 Å². The van der Waals surface area contributed by atoms with Gasteiger partial charge in [0.2, 0.25) is 5.91 Å². The van der Waals surface area contributed by atoms with Crippen LogP contribution in [-0.2, 0) is 39.3 Å². The zero-order valence-corrected chi connectivity index (χ0v) is 38.5. The van der Waals surface area contributed by atoms with E-state index in [2.05, 4.69) is 41.8 Å². The van der Waals surface area contributed by atoms with Gasteiger partial charge in [0, 0.05) is 49.0 Å². The van der Waals surface area contributed by atoms with E-state index in [4.69, 9.17) is 9.72 Å². The Morgan fingerprint density at radius 3 is 2.08 bits per heavy atom. The summed E-state index contributed by atoms with van der Waals surface area (Å²) in [7, 11) is 1.23. The number of aromatic nitrogens is 2. The van der Waals surface area contributed by atoms with Crippen molar-refractivity contribution in [1.29, 1.82) is 0 Å². The number of ether oxygens (including phenoxy) is 1. The molecule has 338 valence electrons. The van der Waals surface area contributed by atoms with Crippen molar-refractivity contribution in [2.75, 3.05) is 26.7 Å². The van der Waals surface area contributed by atoms with Gasteiger partial charge in [-0.3, -0.25) is 25.0 Å². The number of aliphatic hydroxyl groups is 1. The maximum Gasteiger partial charge on any atom is 0.407 e. The highest BCUT2D eigenvalue weighted by Gasteiger charge is 2.44. The predicted molar refractivity (Wildman–Crippen MR) is 244 cm³/mol. The van der Waals surface area contributed by atoms with Crippen LogP contribution in [0.4, 0.5) is 9.59 Å². The molecule has 1 aliphatic heterocycles. The lowest BCUT2D eigenvalue weighted by molar-refractivity contribution is -0.133. The summed E-state index contributed by atoms with van der Waals surface area (Å²) in [5.74, 6) is -0.916. The molecule has 5 rings (SSSR count). The van der Waals surface area contributed by atoms with Crippen molar-refractivity contribution < 1.29 is 29.0 Å². The van der Waals surface area contributed by atoms with Crippen LogP contribution in [-0.4, -0.2) is 105 Å². The maximum absolute atomic E-state index is 14.7. The van der Waals surface area contributed by atoms with Crippen molar-refractivity contribution in [2.45, 2.75) is 111 Å². The molecule has 4 unspecified atom stereocenters. The Bertz CT molecular complexity index is 2150. The number of carbonyl (C=O) groups is 4. The minimum absolute atomic E-state index is 0.113. The summed E-state index contributed by atoms with van der Waals surface area (Å²) in [5, 5.41) is 19.6. The van der Waals surface area contributed by atoms with Crippen LogP contribution in [0, 0.1) is 10.8 Å². The topological polar surface area (TPSA) is 169 Å². The third kappa shape index (κ3) is 13.3. The van der Waals surface area contributed by atoms with Gasteiger partial charge >= 0.3 is 12.1 Å². The number of urea groups is 1. The Labute approximate surface area is 372 Å². The summed E-state index contributed by atoms with van der Waals surface area (Å²) in [5.41, 5.74) is 6.54. The molecule has 63 heavy (non-hydrogen) atoms. The molecule has 0 saturated carbocycles. The molecular formula is C49H66N8O6. The van der Waals surface area contributed by atoms with E-state index in [-0.39, 0.29) is 31.0 Å². The minimum Gasteiger partial charge on any atom is -0.453 e. The Balaban J connectivity index is 1.41. The quantitative estimate of drug-likeness (QED) is 0.0921. The van der Waals surface area contributed by atoms with Gasteiger partial charge in [-0.25, -0.2) is 14.6 Å². The Morgan fingerprint density at radius 2 is 1.48 bits per heavy atom. The number of alkyl carbamates (subject to hydrolysis) is 1. The first-order valence-electron chi connectivity index (χ1n) is 21.6. The van der Waals surface area contributed by atoms with Crippen LogP contribution >= 0.6 is 0 Å². The fourth-order valence-electron chi connectivity index (χ4n) is 7.69. The molecular weight excluding hydrogens is 797 g/mol. The summed E-state index contributed by atoms with van der Waals surface area (Å²) >= 11 is 0. The van der Waals surface area contributed by atoms with Gasteiger partial charge < -0.3 is 30.3 Å². The molecule has 2 aromatic carbocycles. The highest BCUT2D eigenvalue weighted by Crippen LogP contribution is 2.30. The average molecular weight is 863 g/mol. The highest BCUT2D eigenvalue weighted by atomic mass is 16.5. The fraction of sp³-hybridized carbons (Fsp3) is 0.469. The van der Waals surface area contributed by atoms with Crippen LogP contribution in [0.3, 0.4) is 0 Å². The molecule has 3 heterocycles. The van der Waals surface area contributed by atoms with E-state index in [1.165, 1.54) is 7.11 Å². The monoisotopic (exact) mass is 863 g/mol. The van der Waals surface area contributed by atoms with Crippen LogP contribution in [0.15, 0.2) is 97.2 Å². The van der Waals surface area contributed by atoms with E-state index in [1.54, 1.807) is 21.0 Å². The molecule has 1 aliphatic rings. The largest absolute Gasteiger partial charge is 0.453 e. The van der Waals surface area contributed by atoms with E-state index >= 15 is 0 Å². The number of nitrogens with zero attached hydrogens (tertiary/aromatic N) is 5. The number of nitrogens with one attached hydrogen (secondary N) is 3. The summed E-state index contributed by atoms with van der Waals surface area (Å²) in [4.78, 5) is 67.9. The maximum atomic E-state index is 14.7. The van der Waals surface area contributed by atoms with Crippen molar-refractivity contribution in [2.24, 2.45) is 10.8 Å². The third-order valence-electron chi connectivity index (χ3n) is 11.1. The van der Waals surface area contributed by atoms with Crippen molar-refractivity contribution in [3.8, 4) is 11.3 Å². The van der Waals surface area contributed by atoms with Gasteiger partial charge in [0.05, 0.1) is 37.2 Å². The second kappa shape index (κ2) is 20.5. The number of amides is 5. The normalized spacial score (nSPS) is 15.4. The van der Waals surface area contributed by atoms with Crippen molar-refractivity contribution >= 4 is 23.9 Å². The molecule has 0 spiro atoms. The standard InChI is InChI=1S/C49H66N8O6/c1-47(2,3)40-21-16-19-36(51-40)31-55-27-28-57(46(55)62)42(49(7,8)9)44(60)52-38(29-33-17-12-11-13-18-33)39(58)32-56(54-43(59)41(48(4,5)6)53-45(61)63-10)30-34-22-24-35(25-23-34)37-20-14-15-26-50-37/h11-26,38-39,41-42,58H,27-32H2,1-10H3,(H,52,60)(H,53,61)(H,54,59). The number of pyridine rings is 2. The molecule has 0 aliphatic carbocycles. The molecule has 14 nitrogen and oxygen atoms in total. The van der Waals surface area contributed by atoms with E-state index in [9.17, 15) is 24.3 Å². The van der Waals surface area contributed by atoms with Crippen LogP contribution in [0.2, 0.25) is 0 Å². The Morgan fingerprint density at radius 1 is 0.794 bits per heavy atom. The lowest BCUT2D eigenvalue weighted by Gasteiger charge is -2.38. The summed E-state index contributed by atoms with van der Waals surface area (Å²) in [6, 6.07) is 25.8. The van der Waals surface area contributed by atoms with Crippen molar-refractivity contribution in [1.82, 2.24) is 40.8 Å². The molecule has 1 saturated heterocycles. The van der Waals surface area contributed by atoms with Gasteiger partial charge in [0.25, 0.3) is 5.91 Å². The van der Waals surface area contributed by atoms with Gasteiger partial charge in [-0.1, -0.05) is 129 Å². The first-order valence-corrected chi connectivity index (χ1v) is 21.6. The molecule has 4 N–H and O–H groups in total. The Kier molecular flexibility index (Phi) is 15.7. The molecule has 4 aromatic rings. The number of methoxy groups -OCH3 is 1. The smallest absolute Gasteiger partial charge is 0.407 e. The Hall–Kier alpha value is -5.86. The SMILES string of the molecule is COC(=O)NC(C(=O)NN(Cc1ccc(-c2ccccn2)cc1)CC(O)C(Cc1ccccc1)NC(=O)C(N1CCN(Cc2cccc(C(C)(C)C)n2)C1=O)C(C)(C)C)C(C)(C)C. The van der Waals surface area contributed by atoms with Gasteiger partial charge in [0.1, 0.15) is 12.1 Å². The molecule has 14 heteroatoms. The fourth-order valence-corrected chi connectivity index (χ4v) is 7.69. The summed E-state index contributed by atoms with van der Waals surface area (Å²) in [6.07, 6.45) is 0.00632. The minimum atomic E-state index is -1.23. The molecule has 0 radical (unpaired) electrons. The van der Waals surface area contributed by atoms with Crippen LogP contribution in [0.5, 0.6) is 0 Å². The highest BCUT2D eigenvalue weighted by molar-refractivity contribution is 5.89. The van der Waals surface area contributed by atoms with Crippen LogP contribution in [0.25, 0.3) is 11.3 Å². The van der Waals surface area contributed by atoms with Gasteiger partial charge in [0.15, 0.2) is 0 Å². The summed E-state index contributed by atoms with van der Waals surface area (Å²) in [6.45, 7) is 18.7. The molecule has 0 bridgehead atoms. The number of carbonyl (C=O) groups excluding carboxylic acids is 4. The molecule has 1 fully saturated rings. The molecule has 4 atom stereocenters. The van der Waals surface area contributed by atoms with E-state index in [0.717, 1.165) is 33.8 Å². The third-order valence-corrected chi connectivity index (χ3v) is 11.1. The van der Waals surface area contributed by atoms with Gasteiger partial charge in [-0.15, -0.1) is 0 Å². The second-order valence-corrected chi connectivity index (χ2v) is 19.5. The molecule has 5 amide bonds. The average Bonchev–Trinajstić information content (AvgIpc) is 3.56. The van der Waals surface area contributed by atoms with Crippen molar-refractivity contribution in [3.05, 3.63) is 120 Å². The van der Waals surface area contributed by atoms with Crippen molar-refractivity contribution in [3.63, 3.8) is 0 Å². The number of benzene rings is 2. The zero-order valence-electron chi connectivity index (χ0n) is 38.5. The first kappa shape index (κ1) is 48.2. The lowest BCUT2D eigenvalue weighted by atomic mass is 9.84. The number of hydrogen-bond acceptors (Lipinski definition) is 9.